The second-order valence-corrected chi connectivity index (χ2v) is 7.21. The molecule has 2 aliphatic rings. The Morgan fingerprint density at radius 2 is 1.92 bits per heavy atom. The van der Waals surface area contributed by atoms with Gasteiger partial charge in [0.25, 0.3) is 0 Å². The van der Waals surface area contributed by atoms with Crippen LogP contribution in [0.3, 0.4) is 0 Å². The van der Waals surface area contributed by atoms with E-state index in [1.54, 1.807) is 12.3 Å². The van der Waals surface area contributed by atoms with Gasteiger partial charge in [0, 0.05) is 24.3 Å². The molecule has 138 valence electrons. The Labute approximate surface area is 149 Å². The van der Waals surface area contributed by atoms with Gasteiger partial charge in [0.2, 0.25) is 11.3 Å². The molecule has 0 spiro atoms. The Kier molecular flexibility index (Phi) is 6.13. The van der Waals surface area contributed by atoms with Crippen molar-refractivity contribution >= 4 is 5.91 Å². The van der Waals surface area contributed by atoms with Crippen LogP contribution in [0.5, 0.6) is 5.75 Å². The van der Waals surface area contributed by atoms with E-state index in [1.807, 2.05) is 4.57 Å². The van der Waals surface area contributed by atoms with Crippen molar-refractivity contribution in [1.29, 1.82) is 0 Å². The molecule has 0 radical (unpaired) electrons. The highest BCUT2D eigenvalue weighted by Gasteiger charge is 2.19. The van der Waals surface area contributed by atoms with Crippen LogP contribution < -0.4 is 15.5 Å². The minimum Gasteiger partial charge on any atom is -0.491 e. The van der Waals surface area contributed by atoms with Gasteiger partial charge in [0.1, 0.15) is 6.54 Å². The van der Waals surface area contributed by atoms with Gasteiger partial charge in [0.15, 0.2) is 5.75 Å². The van der Waals surface area contributed by atoms with Crippen molar-refractivity contribution in [2.75, 3.05) is 20.2 Å². The van der Waals surface area contributed by atoms with Crippen LogP contribution in [0.15, 0.2) is 17.1 Å². The first-order valence-electron chi connectivity index (χ1n) is 9.45. The van der Waals surface area contributed by atoms with Crippen molar-refractivity contribution < 1.29 is 9.53 Å². The highest BCUT2D eigenvalue weighted by molar-refractivity contribution is 5.76. The number of carbonyl (C=O) groups is 1. The van der Waals surface area contributed by atoms with E-state index in [9.17, 15) is 9.59 Å². The van der Waals surface area contributed by atoms with Gasteiger partial charge >= 0.3 is 0 Å². The highest BCUT2D eigenvalue weighted by Crippen LogP contribution is 2.18. The average molecular weight is 347 g/mol. The molecule has 1 aromatic heterocycles. The zero-order valence-corrected chi connectivity index (χ0v) is 15.1. The first-order valence-corrected chi connectivity index (χ1v) is 9.45. The van der Waals surface area contributed by atoms with Gasteiger partial charge in [-0.25, -0.2) is 0 Å². The molecule has 1 saturated carbocycles. The molecular weight excluding hydrogens is 318 g/mol. The van der Waals surface area contributed by atoms with Crippen molar-refractivity contribution in [3.8, 4) is 5.75 Å². The molecule has 25 heavy (non-hydrogen) atoms. The Morgan fingerprint density at radius 3 is 2.60 bits per heavy atom. The maximum atomic E-state index is 12.4. The van der Waals surface area contributed by atoms with Gasteiger partial charge in [-0.05, 0) is 38.8 Å². The molecule has 6 heteroatoms. The number of methoxy groups -OCH3 is 1. The van der Waals surface area contributed by atoms with Crippen molar-refractivity contribution in [2.24, 2.45) is 0 Å². The van der Waals surface area contributed by atoms with Crippen molar-refractivity contribution in [1.82, 2.24) is 14.8 Å². The third-order valence-corrected chi connectivity index (χ3v) is 5.27. The largest absolute Gasteiger partial charge is 0.491 e. The van der Waals surface area contributed by atoms with Crippen LogP contribution in [-0.2, 0) is 17.9 Å². The van der Waals surface area contributed by atoms with E-state index in [0.29, 0.717) is 12.6 Å². The van der Waals surface area contributed by atoms with Gasteiger partial charge in [-0.1, -0.05) is 19.3 Å². The lowest BCUT2D eigenvalue weighted by Crippen LogP contribution is -2.37. The second-order valence-electron chi connectivity index (χ2n) is 7.21. The number of amides is 1. The molecule has 0 bridgehead atoms. The SMILES string of the molecule is COc1cn(CC(=O)NC2CCCC2)c(CN2CCCCC2)cc1=O. The molecule has 0 aromatic carbocycles. The minimum atomic E-state index is -0.123. The predicted octanol–water partition coefficient (Wildman–Crippen LogP) is 1.90. The molecular formula is C19H29N3O3. The van der Waals surface area contributed by atoms with E-state index in [4.69, 9.17) is 4.74 Å². The van der Waals surface area contributed by atoms with Gasteiger partial charge in [0.05, 0.1) is 13.3 Å². The van der Waals surface area contributed by atoms with Crippen LogP contribution in [-0.4, -0.2) is 41.6 Å². The minimum absolute atomic E-state index is 0.0116. The number of likely N-dealkylation sites (tertiary alicyclic amines) is 1. The molecule has 2 heterocycles. The quantitative estimate of drug-likeness (QED) is 0.854. The fraction of sp³-hybridized carbons (Fsp3) is 0.684. The number of pyridine rings is 1. The molecule has 3 rings (SSSR count). The van der Waals surface area contributed by atoms with Crippen LogP contribution in [0.25, 0.3) is 0 Å². The van der Waals surface area contributed by atoms with Gasteiger partial charge < -0.3 is 14.6 Å². The summed E-state index contributed by atoms with van der Waals surface area (Å²) in [5.41, 5.74) is 0.760. The summed E-state index contributed by atoms with van der Waals surface area (Å²) in [6.45, 7) is 3.04. The van der Waals surface area contributed by atoms with E-state index >= 15 is 0 Å². The number of nitrogens with zero attached hydrogens (tertiary/aromatic N) is 2. The Balaban J connectivity index is 1.74. The molecule has 2 fully saturated rings. The van der Waals surface area contributed by atoms with Crippen LogP contribution in [0.4, 0.5) is 0 Å². The number of hydrogen-bond donors (Lipinski definition) is 1. The third kappa shape index (κ3) is 4.84. The number of rotatable bonds is 6. The van der Waals surface area contributed by atoms with Crippen molar-refractivity contribution in [3.05, 3.63) is 28.2 Å². The molecule has 1 aromatic rings. The van der Waals surface area contributed by atoms with Crippen molar-refractivity contribution in [2.45, 2.75) is 64.1 Å². The van der Waals surface area contributed by atoms with Crippen molar-refractivity contribution in [3.63, 3.8) is 0 Å². The molecule has 1 N–H and O–H groups in total. The summed E-state index contributed by atoms with van der Waals surface area (Å²) in [4.78, 5) is 27.0. The third-order valence-electron chi connectivity index (χ3n) is 5.27. The van der Waals surface area contributed by atoms with E-state index < -0.39 is 0 Å². The number of nitrogens with one attached hydrogen (secondary N) is 1. The normalized spacial score (nSPS) is 19.1. The molecule has 1 amide bonds. The van der Waals surface area contributed by atoms with Gasteiger partial charge in [-0.3, -0.25) is 14.5 Å². The van der Waals surface area contributed by atoms with Gasteiger partial charge in [-0.15, -0.1) is 0 Å². The van der Waals surface area contributed by atoms with E-state index in [1.165, 1.54) is 39.2 Å². The summed E-state index contributed by atoms with van der Waals surface area (Å²) in [6, 6.07) is 1.93. The zero-order chi connectivity index (χ0) is 17.6. The van der Waals surface area contributed by atoms with Crippen LogP contribution >= 0.6 is 0 Å². The summed E-state index contributed by atoms with van der Waals surface area (Å²) in [7, 11) is 1.49. The van der Waals surface area contributed by atoms with E-state index in [0.717, 1.165) is 31.6 Å². The Hall–Kier alpha value is -1.82. The topological polar surface area (TPSA) is 63.6 Å². The molecule has 0 atom stereocenters. The van der Waals surface area contributed by atoms with E-state index in [-0.39, 0.29) is 23.6 Å². The Morgan fingerprint density at radius 1 is 1.20 bits per heavy atom. The molecule has 1 aliphatic heterocycles. The maximum absolute atomic E-state index is 12.4. The summed E-state index contributed by atoms with van der Waals surface area (Å²) in [6.07, 6.45) is 9.87. The van der Waals surface area contributed by atoms with Crippen LogP contribution in [0, 0.1) is 0 Å². The first-order chi connectivity index (χ1) is 12.2. The number of carbonyl (C=O) groups excluding carboxylic acids is 1. The smallest absolute Gasteiger partial charge is 0.240 e. The highest BCUT2D eigenvalue weighted by atomic mass is 16.5. The number of hydrogen-bond acceptors (Lipinski definition) is 4. The number of aromatic nitrogens is 1. The van der Waals surface area contributed by atoms with Crippen LogP contribution in [0.2, 0.25) is 0 Å². The molecule has 6 nitrogen and oxygen atoms in total. The first kappa shape index (κ1) is 18.0. The molecule has 1 saturated heterocycles. The summed E-state index contributed by atoms with van der Waals surface area (Å²) < 4.78 is 7.04. The summed E-state index contributed by atoms with van der Waals surface area (Å²) in [5.74, 6) is 0.300. The second kappa shape index (κ2) is 8.52. The monoisotopic (exact) mass is 347 g/mol. The number of ether oxygens (including phenoxy) is 1. The lowest BCUT2D eigenvalue weighted by Gasteiger charge is -2.27. The fourth-order valence-electron chi connectivity index (χ4n) is 3.88. The number of piperidine rings is 1. The predicted molar refractivity (Wildman–Crippen MR) is 96.8 cm³/mol. The van der Waals surface area contributed by atoms with E-state index in [2.05, 4.69) is 10.2 Å². The summed E-state index contributed by atoms with van der Waals surface area (Å²) >= 11 is 0. The van der Waals surface area contributed by atoms with Gasteiger partial charge in [-0.2, -0.15) is 0 Å². The standard InChI is InChI=1S/C19H29N3O3/c1-25-18-13-22(14-19(24)20-15-7-3-4-8-15)16(11-17(18)23)12-21-9-5-2-6-10-21/h11,13,15H,2-10,12,14H2,1H3,(H,20,24). The maximum Gasteiger partial charge on any atom is 0.240 e. The van der Waals surface area contributed by atoms with Crippen LogP contribution in [0.1, 0.15) is 50.6 Å². The molecule has 1 aliphatic carbocycles. The zero-order valence-electron chi connectivity index (χ0n) is 15.1. The Bertz CT molecular complexity index is 644. The lowest BCUT2D eigenvalue weighted by atomic mass is 10.1. The fourth-order valence-corrected chi connectivity index (χ4v) is 3.88. The summed E-state index contributed by atoms with van der Waals surface area (Å²) in [5, 5.41) is 3.12. The lowest BCUT2D eigenvalue weighted by molar-refractivity contribution is -0.122. The molecule has 0 unspecified atom stereocenters. The average Bonchev–Trinajstić information content (AvgIpc) is 3.11.